The first-order chi connectivity index (χ1) is 9.36. The third kappa shape index (κ3) is 3.44. The molecule has 3 nitrogen and oxygen atoms in total. The summed E-state index contributed by atoms with van der Waals surface area (Å²) >= 11 is 9.42. The molecule has 1 aromatic heterocycles. The lowest BCUT2D eigenvalue weighted by molar-refractivity contribution is 0.101. The van der Waals surface area contributed by atoms with E-state index in [0.29, 0.717) is 10.7 Å². The molecule has 0 spiro atoms. The van der Waals surface area contributed by atoms with E-state index >= 15 is 0 Å². The summed E-state index contributed by atoms with van der Waals surface area (Å²) in [4.78, 5) is 12.4. The van der Waals surface area contributed by atoms with Gasteiger partial charge in [0.05, 0.1) is 5.02 Å². The van der Waals surface area contributed by atoms with Crippen molar-refractivity contribution >= 4 is 39.1 Å². The molecule has 1 heterocycles. The lowest BCUT2D eigenvalue weighted by atomic mass is 10.2. The molecule has 106 valence electrons. The molecule has 0 saturated heterocycles. The van der Waals surface area contributed by atoms with Gasteiger partial charge in [-0.25, -0.2) is 0 Å². The molecule has 1 aromatic carbocycles. The topological polar surface area (TPSA) is 34.0 Å². The van der Waals surface area contributed by atoms with E-state index in [1.54, 1.807) is 12.3 Å². The van der Waals surface area contributed by atoms with Gasteiger partial charge in [-0.1, -0.05) is 27.5 Å². The van der Waals surface area contributed by atoms with Crippen molar-refractivity contribution in [2.75, 3.05) is 5.32 Å². The number of halogens is 2. The predicted octanol–water partition coefficient (Wildman–Crippen LogP) is 5.05. The van der Waals surface area contributed by atoms with Gasteiger partial charge < -0.3 is 9.88 Å². The molecule has 2 rings (SSSR count). The summed E-state index contributed by atoms with van der Waals surface area (Å²) in [6.07, 6.45) is 1.77. The van der Waals surface area contributed by atoms with Crippen LogP contribution in [-0.4, -0.2) is 10.5 Å². The van der Waals surface area contributed by atoms with E-state index in [-0.39, 0.29) is 11.9 Å². The summed E-state index contributed by atoms with van der Waals surface area (Å²) in [5.74, 6) is -0.164. The van der Waals surface area contributed by atoms with Gasteiger partial charge in [-0.3, -0.25) is 4.79 Å². The summed E-state index contributed by atoms with van der Waals surface area (Å²) in [5.41, 5.74) is 2.39. The average Bonchev–Trinajstić information content (AvgIpc) is 2.70. The van der Waals surface area contributed by atoms with Crippen LogP contribution in [0.3, 0.4) is 0 Å². The van der Waals surface area contributed by atoms with Gasteiger partial charge in [0.25, 0.3) is 5.91 Å². The van der Waals surface area contributed by atoms with E-state index in [1.165, 1.54) is 0 Å². The van der Waals surface area contributed by atoms with Crippen LogP contribution in [0.25, 0.3) is 0 Å². The van der Waals surface area contributed by atoms with E-state index in [4.69, 9.17) is 11.6 Å². The molecule has 0 saturated carbocycles. The van der Waals surface area contributed by atoms with Crippen LogP contribution in [0, 0.1) is 6.92 Å². The molecular weight excluding hydrogens is 340 g/mol. The maximum absolute atomic E-state index is 12.4. The Balaban J connectivity index is 2.28. The van der Waals surface area contributed by atoms with E-state index in [9.17, 15) is 4.79 Å². The fourth-order valence-electron chi connectivity index (χ4n) is 2.06. The summed E-state index contributed by atoms with van der Waals surface area (Å²) in [7, 11) is 0. The van der Waals surface area contributed by atoms with Crippen LogP contribution in [-0.2, 0) is 0 Å². The number of carbonyl (C=O) groups excluding carboxylic acids is 1. The van der Waals surface area contributed by atoms with Crippen molar-refractivity contribution in [3.05, 3.63) is 51.2 Å². The molecule has 0 fully saturated rings. The number of aromatic nitrogens is 1. The predicted molar refractivity (Wildman–Crippen MR) is 86.7 cm³/mol. The number of benzene rings is 1. The van der Waals surface area contributed by atoms with Crippen molar-refractivity contribution in [2.24, 2.45) is 0 Å². The Kier molecular flexibility index (Phi) is 4.55. The van der Waals surface area contributed by atoms with Gasteiger partial charge in [0.1, 0.15) is 5.69 Å². The van der Waals surface area contributed by atoms with Crippen LogP contribution in [0.15, 0.2) is 34.9 Å². The molecule has 0 unspecified atom stereocenters. The smallest absolute Gasteiger partial charge is 0.272 e. The van der Waals surface area contributed by atoms with Crippen LogP contribution in [0.2, 0.25) is 5.02 Å². The Morgan fingerprint density at radius 2 is 2.00 bits per heavy atom. The third-order valence-corrected chi connectivity index (χ3v) is 3.57. The van der Waals surface area contributed by atoms with Crippen molar-refractivity contribution in [1.29, 1.82) is 0 Å². The maximum Gasteiger partial charge on any atom is 0.272 e. The summed E-state index contributed by atoms with van der Waals surface area (Å²) < 4.78 is 2.80. The van der Waals surface area contributed by atoms with Crippen LogP contribution < -0.4 is 5.32 Å². The number of nitrogens with zero attached hydrogens (tertiary/aromatic N) is 1. The number of amides is 1. The largest absolute Gasteiger partial charge is 0.339 e. The van der Waals surface area contributed by atoms with E-state index < -0.39 is 0 Å². The Labute approximate surface area is 132 Å². The molecule has 20 heavy (non-hydrogen) atoms. The van der Waals surface area contributed by atoms with Crippen molar-refractivity contribution < 1.29 is 4.79 Å². The van der Waals surface area contributed by atoms with Crippen LogP contribution in [0.5, 0.6) is 0 Å². The first kappa shape index (κ1) is 15.1. The number of anilines is 1. The highest BCUT2D eigenvalue weighted by Crippen LogP contribution is 2.22. The van der Waals surface area contributed by atoms with Gasteiger partial charge in [-0.15, -0.1) is 0 Å². The van der Waals surface area contributed by atoms with Crippen molar-refractivity contribution in [3.8, 4) is 0 Å². The highest BCUT2D eigenvalue weighted by atomic mass is 79.9. The molecule has 0 aliphatic rings. The minimum Gasteiger partial charge on any atom is -0.339 e. The second-order valence-corrected chi connectivity index (χ2v) is 6.37. The average molecular weight is 356 g/mol. The molecule has 0 aliphatic heterocycles. The van der Waals surface area contributed by atoms with Gasteiger partial charge in [-0.2, -0.15) is 0 Å². The molecule has 1 N–H and O–H groups in total. The highest BCUT2D eigenvalue weighted by Gasteiger charge is 2.15. The Bertz CT molecular complexity index is 629. The maximum atomic E-state index is 12.4. The van der Waals surface area contributed by atoms with Gasteiger partial charge >= 0.3 is 0 Å². The molecule has 0 radical (unpaired) electrons. The second-order valence-electron chi connectivity index (χ2n) is 5.02. The Morgan fingerprint density at radius 3 is 2.60 bits per heavy atom. The number of carbonyl (C=O) groups is 1. The zero-order valence-electron chi connectivity index (χ0n) is 11.6. The molecular formula is C15H16BrClN2O. The number of hydrogen-bond acceptors (Lipinski definition) is 1. The third-order valence-electron chi connectivity index (χ3n) is 2.90. The van der Waals surface area contributed by atoms with Gasteiger partial charge in [-0.05, 0) is 50.6 Å². The first-order valence-corrected chi connectivity index (χ1v) is 7.50. The number of rotatable bonds is 3. The highest BCUT2D eigenvalue weighted by molar-refractivity contribution is 9.10. The van der Waals surface area contributed by atoms with Gasteiger partial charge in [0, 0.05) is 22.4 Å². The fraction of sp³-hybridized carbons (Fsp3) is 0.267. The zero-order valence-corrected chi connectivity index (χ0v) is 13.9. The molecule has 0 atom stereocenters. The van der Waals surface area contributed by atoms with Crippen molar-refractivity contribution in [2.45, 2.75) is 26.8 Å². The standard InChI is InChI=1S/C15H16BrClN2O/c1-9(2)19-8-12(17)7-14(19)15(20)18-13-5-10(3)4-11(16)6-13/h4-9H,1-3H3,(H,18,20). The lowest BCUT2D eigenvalue weighted by Gasteiger charge is -2.13. The normalized spacial score (nSPS) is 10.9. The summed E-state index contributed by atoms with van der Waals surface area (Å²) in [6, 6.07) is 7.64. The fourth-order valence-corrected chi connectivity index (χ4v) is 2.87. The minimum absolute atomic E-state index is 0.164. The van der Waals surface area contributed by atoms with E-state index in [2.05, 4.69) is 21.2 Å². The monoisotopic (exact) mass is 354 g/mol. The summed E-state index contributed by atoms with van der Waals surface area (Å²) in [6.45, 7) is 6.00. The van der Waals surface area contributed by atoms with Crippen LogP contribution in [0.4, 0.5) is 5.69 Å². The number of nitrogens with one attached hydrogen (secondary N) is 1. The zero-order chi connectivity index (χ0) is 14.9. The molecule has 2 aromatic rings. The Hall–Kier alpha value is -1.26. The lowest BCUT2D eigenvalue weighted by Crippen LogP contribution is -2.17. The number of aryl methyl sites for hydroxylation is 1. The number of hydrogen-bond donors (Lipinski definition) is 1. The SMILES string of the molecule is Cc1cc(Br)cc(NC(=O)c2cc(Cl)cn2C(C)C)c1. The molecule has 0 aliphatic carbocycles. The Morgan fingerprint density at radius 1 is 1.30 bits per heavy atom. The van der Waals surface area contributed by atoms with E-state index in [1.807, 2.05) is 43.5 Å². The minimum atomic E-state index is -0.164. The molecule has 5 heteroatoms. The van der Waals surface area contributed by atoms with Crippen molar-refractivity contribution in [1.82, 2.24) is 4.57 Å². The molecule has 0 bridgehead atoms. The quantitative estimate of drug-likeness (QED) is 0.821. The van der Waals surface area contributed by atoms with Crippen LogP contribution >= 0.6 is 27.5 Å². The van der Waals surface area contributed by atoms with Gasteiger partial charge in [0.15, 0.2) is 0 Å². The molecule has 1 amide bonds. The summed E-state index contributed by atoms with van der Waals surface area (Å²) in [5, 5.41) is 3.46. The van der Waals surface area contributed by atoms with Gasteiger partial charge in [0.2, 0.25) is 0 Å². The van der Waals surface area contributed by atoms with E-state index in [0.717, 1.165) is 15.7 Å². The van der Waals surface area contributed by atoms with Crippen LogP contribution in [0.1, 0.15) is 35.9 Å². The second kappa shape index (κ2) is 6.02. The first-order valence-electron chi connectivity index (χ1n) is 6.32. The van der Waals surface area contributed by atoms with Crippen molar-refractivity contribution in [3.63, 3.8) is 0 Å².